The minimum atomic E-state index is -0.271. The number of nitrogens with zero attached hydrogens (tertiary/aromatic N) is 1. The van der Waals surface area contributed by atoms with E-state index in [0.29, 0.717) is 37.2 Å². The zero-order valence-electron chi connectivity index (χ0n) is 14.6. The second-order valence-corrected chi connectivity index (χ2v) is 6.32. The molecule has 2 amide bonds. The van der Waals surface area contributed by atoms with Crippen molar-refractivity contribution in [3.8, 4) is 5.75 Å². The molecule has 1 aliphatic rings. The summed E-state index contributed by atoms with van der Waals surface area (Å²) in [4.78, 5) is 26.2. The maximum Gasteiger partial charge on any atom is 0.251 e. The molecule has 2 aromatic carbocycles. The Balaban J connectivity index is 1.51. The Morgan fingerprint density at radius 1 is 1.19 bits per heavy atom. The number of nitrogens with one attached hydrogen (secondary N) is 1. The predicted molar refractivity (Wildman–Crippen MR) is 95.5 cm³/mol. The number of amides is 2. The van der Waals surface area contributed by atoms with Crippen LogP contribution in [0, 0.1) is 5.82 Å². The van der Waals surface area contributed by atoms with Gasteiger partial charge in [0.1, 0.15) is 11.6 Å². The number of ether oxygens (including phenoxy) is 1. The number of likely N-dealkylation sites (tertiary alicyclic amines) is 1. The monoisotopic (exact) mass is 356 g/mol. The van der Waals surface area contributed by atoms with Crippen LogP contribution in [-0.4, -0.2) is 43.0 Å². The molecule has 136 valence electrons. The van der Waals surface area contributed by atoms with E-state index in [-0.39, 0.29) is 23.7 Å². The molecule has 1 fully saturated rings. The number of carbonyl (C=O) groups is 2. The highest BCUT2D eigenvalue weighted by molar-refractivity contribution is 5.95. The smallest absolute Gasteiger partial charge is 0.251 e. The highest BCUT2D eigenvalue weighted by Gasteiger charge is 2.30. The standard InChI is InChI=1S/C20H21FN2O3/c1-26-18-8-4-15(5-9-18)20(25)22-17-12-19(24)23(13-17)11-10-14-2-6-16(21)7-3-14/h2-9,17H,10-13H2,1H3,(H,22,25)/t17-/m0/s1. The highest BCUT2D eigenvalue weighted by atomic mass is 19.1. The van der Waals surface area contributed by atoms with E-state index in [0.717, 1.165) is 5.56 Å². The molecule has 0 radical (unpaired) electrons. The Hall–Kier alpha value is -2.89. The molecule has 6 heteroatoms. The third-order valence-corrected chi connectivity index (χ3v) is 4.49. The van der Waals surface area contributed by atoms with Crippen LogP contribution in [0.4, 0.5) is 4.39 Å². The van der Waals surface area contributed by atoms with E-state index in [4.69, 9.17) is 4.74 Å². The van der Waals surface area contributed by atoms with Gasteiger partial charge in [0.25, 0.3) is 5.91 Å². The summed E-state index contributed by atoms with van der Waals surface area (Å²) in [6, 6.07) is 12.9. The minimum absolute atomic E-state index is 0.0205. The SMILES string of the molecule is COc1ccc(C(=O)N[C@H]2CC(=O)N(CCc3ccc(F)cc3)C2)cc1. The van der Waals surface area contributed by atoms with Gasteiger partial charge in [0, 0.05) is 25.1 Å². The summed E-state index contributed by atoms with van der Waals surface area (Å²) in [5, 5.41) is 2.91. The molecule has 3 rings (SSSR count). The zero-order valence-corrected chi connectivity index (χ0v) is 14.6. The van der Waals surface area contributed by atoms with Crippen LogP contribution in [0.1, 0.15) is 22.3 Å². The summed E-state index contributed by atoms with van der Waals surface area (Å²) < 4.78 is 18.0. The number of carbonyl (C=O) groups excluding carboxylic acids is 2. The van der Waals surface area contributed by atoms with Gasteiger partial charge in [-0.2, -0.15) is 0 Å². The van der Waals surface area contributed by atoms with E-state index >= 15 is 0 Å². The number of rotatable bonds is 6. The van der Waals surface area contributed by atoms with Crippen molar-refractivity contribution < 1.29 is 18.7 Å². The fourth-order valence-electron chi connectivity index (χ4n) is 3.01. The number of halogens is 1. The van der Waals surface area contributed by atoms with Crippen LogP contribution < -0.4 is 10.1 Å². The van der Waals surface area contributed by atoms with Crippen molar-refractivity contribution in [3.05, 3.63) is 65.5 Å². The number of benzene rings is 2. The van der Waals surface area contributed by atoms with Crippen LogP contribution in [0.25, 0.3) is 0 Å². The fourth-order valence-corrected chi connectivity index (χ4v) is 3.01. The quantitative estimate of drug-likeness (QED) is 0.865. The molecule has 1 N–H and O–H groups in total. The van der Waals surface area contributed by atoms with E-state index in [9.17, 15) is 14.0 Å². The van der Waals surface area contributed by atoms with Crippen molar-refractivity contribution in [2.45, 2.75) is 18.9 Å². The molecular formula is C20H21FN2O3. The molecule has 0 aromatic heterocycles. The molecule has 0 spiro atoms. The molecular weight excluding hydrogens is 335 g/mol. The lowest BCUT2D eigenvalue weighted by Gasteiger charge is -2.17. The summed E-state index contributed by atoms with van der Waals surface area (Å²) in [7, 11) is 1.57. The third-order valence-electron chi connectivity index (χ3n) is 4.49. The third kappa shape index (κ3) is 4.39. The lowest BCUT2D eigenvalue weighted by Crippen LogP contribution is -2.37. The van der Waals surface area contributed by atoms with Crippen LogP contribution in [-0.2, 0) is 11.2 Å². The van der Waals surface area contributed by atoms with E-state index < -0.39 is 0 Å². The number of methoxy groups -OCH3 is 1. The molecule has 0 bridgehead atoms. The first-order chi connectivity index (χ1) is 12.5. The Labute approximate surface area is 151 Å². The highest BCUT2D eigenvalue weighted by Crippen LogP contribution is 2.15. The van der Waals surface area contributed by atoms with Gasteiger partial charge < -0.3 is 15.0 Å². The summed E-state index contributed by atoms with van der Waals surface area (Å²) in [6.07, 6.45) is 0.955. The van der Waals surface area contributed by atoms with Gasteiger partial charge in [-0.1, -0.05) is 12.1 Å². The van der Waals surface area contributed by atoms with Crippen LogP contribution in [0.5, 0.6) is 5.75 Å². The maximum atomic E-state index is 12.9. The van der Waals surface area contributed by atoms with Crippen LogP contribution in [0.2, 0.25) is 0 Å². The van der Waals surface area contributed by atoms with E-state index in [1.165, 1.54) is 12.1 Å². The van der Waals surface area contributed by atoms with Gasteiger partial charge in [-0.05, 0) is 48.4 Å². The van der Waals surface area contributed by atoms with Gasteiger partial charge >= 0.3 is 0 Å². The fraction of sp³-hybridized carbons (Fsp3) is 0.300. The number of hydrogen-bond acceptors (Lipinski definition) is 3. The summed E-state index contributed by atoms with van der Waals surface area (Å²) in [6.45, 7) is 1.04. The van der Waals surface area contributed by atoms with Crippen molar-refractivity contribution in [1.82, 2.24) is 10.2 Å². The van der Waals surface area contributed by atoms with Crippen molar-refractivity contribution in [1.29, 1.82) is 0 Å². The van der Waals surface area contributed by atoms with Crippen LogP contribution >= 0.6 is 0 Å². The van der Waals surface area contributed by atoms with Gasteiger partial charge in [0.05, 0.1) is 13.2 Å². The molecule has 1 saturated heterocycles. The lowest BCUT2D eigenvalue weighted by atomic mass is 10.1. The maximum absolute atomic E-state index is 12.9. The molecule has 1 atom stereocenters. The average molecular weight is 356 g/mol. The Morgan fingerprint density at radius 2 is 1.88 bits per heavy atom. The number of hydrogen-bond donors (Lipinski definition) is 1. The van der Waals surface area contributed by atoms with Gasteiger partial charge in [-0.25, -0.2) is 4.39 Å². The first kappa shape index (κ1) is 17.9. The second kappa shape index (κ2) is 7.99. The van der Waals surface area contributed by atoms with E-state index in [1.807, 2.05) is 0 Å². The average Bonchev–Trinajstić information content (AvgIpc) is 3.00. The van der Waals surface area contributed by atoms with Gasteiger partial charge in [-0.15, -0.1) is 0 Å². The Morgan fingerprint density at radius 3 is 2.54 bits per heavy atom. The molecule has 1 aliphatic heterocycles. The molecule has 2 aromatic rings. The van der Waals surface area contributed by atoms with Crippen molar-refractivity contribution >= 4 is 11.8 Å². The van der Waals surface area contributed by atoms with Gasteiger partial charge in [0.2, 0.25) is 5.91 Å². The molecule has 0 unspecified atom stereocenters. The van der Waals surface area contributed by atoms with Crippen molar-refractivity contribution in [2.75, 3.05) is 20.2 Å². The molecule has 0 aliphatic carbocycles. The van der Waals surface area contributed by atoms with E-state index in [1.54, 1.807) is 48.4 Å². The van der Waals surface area contributed by atoms with Gasteiger partial charge in [0.15, 0.2) is 0 Å². The molecule has 1 heterocycles. The van der Waals surface area contributed by atoms with Gasteiger partial charge in [-0.3, -0.25) is 9.59 Å². The molecule has 5 nitrogen and oxygen atoms in total. The van der Waals surface area contributed by atoms with E-state index in [2.05, 4.69) is 5.32 Å². The lowest BCUT2D eigenvalue weighted by molar-refractivity contribution is -0.127. The largest absolute Gasteiger partial charge is 0.497 e. The normalized spacial score (nSPS) is 16.6. The van der Waals surface area contributed by atoms with Crippen LogP contribution in [0.3, 0.4) is 0 Å². The summed E-state index contributed by atoms with van der Waals surface area (Å²) >= 11 is 0. The zero-order chi connectivity index (χ0) is 18.5. The van der Waals surface area contributed by atoms with Crippen molar-refractivity contribution in [2.24, 2.45) is 0 Å². The van der Waals surface area contributed by atoms with Crippen molar-refractivity contribution in [3.63, 3.8) is 0 Å². The Kier molecular flexibility index (Phi) is 5.51. The predicted octanol–water partition coefficient (Wildman–Crippen LogP) is 2.41. The topological polar surface area (TPSA) is 58.6 Å². The first-order valence-corrected chi connectivity index (χ1v) is 8.52. The van der Waals surface area contributed by atoms with Crippen LogP contribution in [0.15, 0.2) is 48.5 Å². The minimum Gasteiger partial charge on any atom is -0.497 e. The second-order valence-electron chi connectivity index (χ2n) is 6.32. The summed E-state index contributed by atoms with van der Waals surface area (Å²) in [5.74, 6) is 0.231. The summed E-state index contributed by atoms with van der Waals surface area (Å²) in [5.41, 5.74) is 1.51. The first-order valence-electron chi connectivity index (χ1n) is 8.52. The Bertz CT molecular complexity index is 775. The molecule has 0 saturated carbocycles. The molecule has 26 heavy (non-hydrogen) atoms.